The molecule has 0 fully saturated rings. The second kappa shape index (κ2) is 3.89. The van der Waals surface area contributed by atoms with Crippen molar-refractivity contribution in [2.45, 2.75) is 6.42 Å². The molecule has 1 aromatic carbocycles. The zero-order valence-electron chi connectivity index (χ0n) is 9.34. The Morgan fingerprint density at radius 2 is 2.06 bits per heavy atom. The van der Waals surface area contributed by atoms with Gasteiger partial charge >= 0.3 is 0 Å². The fourth-order valence-corrected chi connectivity index (χ4v) is 1.69. The van der Waals surface area contributed by atoms with Gasteiger partial charge < -0.3 is 10.1 Å². The van der Waals surface area contributed by atoms with Crippen LogP contribution in [0.2, 0.25) is 0 Å². The van der Waals surface area contributed by atoms with Crippen LogP contribution in [0.15, 0.2) is 30.5 Å². The number of benzene rings is 1. The van der Waals surface area contributed by atoms with E-state index in [0.717, 1.165) is 21.2 Å². The monoisotopic (exact) mass is 218 g/mol. The van der Waals surface area contributed by atoms with Gasteiger partial charge in [0.25, 0.3) is 0 Å². The van der Waals surface area contributed by atoms with Crippen LogP contribution < -0.4 is 0 Å². The van der Waals surface area contributed by atoms with Crippen LogP contribution in [0.5, 0.6) is 0 Å². The van der Waals surface area contributed by atoms with Crippen LogP contribution in [-0.2, 0) is 11.2 Å². The van der Waals surface area contributed by atoms with Gasteiger partial charge in [-0.25, -0.2) is 0 Å². The Hall–Kier alpha value is -1.97. The smallest absolute Gasteiger partial charge is 0.226 e. The molecule has 0 saturated carbocycles. The number of hydrogen-bond acceptors (Lipinski definition) is 2. The molecule has 1 heterocycles. The summed E-state index contributed by atoms with van der Waals surface area (Å²) in [6.07, 6.45) is 1.90. The number of nitrogens with zero attached hydrogens (tertiary/aromatic N) is 2. The summed E-state index contributed by atoms with van der Waals surface area (Å²) in [6, 6.07) is 7.47. The maximum Gasteiger partial charge on any atom is 0.226 e. The highest BCUT2D eigenvalue weighted by atomic mass is 16.5. The van der Waals surface area contributed by atoms with E-state index >= 15 is 0 Å². The van der Waals surface area contributed by atoms with Crippen molar-refractivity contribution in [2.75, 3.05) is 14.1 Å². The third-order valence-electron chi connectivity index (χ3n) is 2.62. The molecule has 1 N–H and O–H groups in total. The number of likely N-dealkylation sites (N-methyl/N-ethyl adjacent to an activating group) is 1. The van der Waals surface area contributed by atoms with Gasteiger partial charge in [-0.05, 0) is 11.6 Å². The number of aromatic nitrogens is 1. The van der Waals surface area contributed by atoms with Gasteiger partial charge in [0.15, 0.2) is 0 Å². The molecule has 0 atom stereocenters. The predicted octanol–water partition coefficient (Wildman–Crippen LogP) is 1.51. The SMILES string of the molecule is CN(C)C(=O)Cc1cn(O)c2ccccc12. The van der Waals surface area contributed by atoms with Gasteiger partial charge in [-0.3, -0.25) is 4.79 Å². The highest BCUT2D eigenvalue weighted by Crippen LogP contribution is 2.20. The average molecular weight is 218 g/mol. The summed E-state index contributed by atoms with van der Waals surface area (Å²) in [5, 5.41) is 10.6. The Morgan fingerprint density at radius 3 is 2.75 bits per heavy atom. The van der Waals surface area contributed by atoms with E-state index in [-0.39, 0.29) is 5.91 Å². The van der Waals surface area contributed by atoms with Crippen LogP contribution in [0.25, 0.3) is 10.9 Å². The van der Waals surface area contributed by atoms with Crippen molar-refractivity contribution in [3.63, 3.8) is 0 Å². The quantitative estimate of drug-likeness (QED) is 0.776. The van der Waals surface area contributed by atoms with Crippen molar-refractivity contribution in [3.05, 3.63) is 36.0 Å². The summed E-state index contributed by atoms with van der Waals surface area (Å²) in [5.74, 6) is 0.0244. The molecule has 0 spiro atoms. The summed E-state index contributed by atoms with van der Waals surface area (Å²) >= 11 is 0. The summed E-state index contributed by atoms with van der Waals surface area (Å²) in [5.41, 5.74) is 1.57. The van der Waals surface area contributed by atoms with Crippen LogP contribution >= 0.6 is 0 Å². The predicted molar refractivity (Wildman–Crippen MR) is 61.5 cm³/mol. The van der Waals surface area contributed by atoms with E-state index in [1.807, 2.05) is 24.3 Å². The highest BCUT2D eigenvalue weighted by Gasteiger charge is 2.12. The first-order valence-electron chi connectivity index (χ1n) is 5.08. The molecule has 4 nitrogen and oxygen atoms in total. The Bertz CT molecular complexity index is 529. The van der Waals surface area contributed by atoms with E-state index in [1.54, 1.807) is 25.2 Å². The molecule has 0 aliphatic rings. The molecule has 4 heteroatoms. The largest absolute Gasteiger partial charge is 0.428 e. The Balaban J connectivity index is 2.42. The molecule has 0 saturated heterocycles. The molecule has 84 valence electrons. The fourth-order valence-electron chi connectivity index (χ4n) is 1.69. The van der Waals surface area contributed by atoms with E-state index in [9.17, 15) is 10.0 Å². The molecule has 2 aromatic rings. The number of para-hydroxylation sites is 1. The Kier molecular flexibility index (Phi) is 2.56. The standard InChI is InChI=1S/C12H14N2O2/c1-13(2)12(15)7-9-8-14(16)11-6-4-3-5-10(9)11/h3-6,8,16H,7H2,1-2H3. The topological polar surface area (TPSA) is 45.5 Å². The molecule has 16 heavy (non-hydrogen) atoms. The molecule has 2 rings (SSSR count). The van der Waals surface area contributed by atoms with Crippen LogP contribution in [0.1, 0.15) is 5.56 Å². The third-order valence-corrected chi connectivity index (χ3v) is 2.62. The van der Waals surface area contributed by atoms with Gasteiger partial charge in [0.1, 0.15) is 0 Å². The summed E-state index contributed by atoms with van der Waals surface area (Å²) in [4.78, 5) is 13.1. The highest BCUT2D eigenvalue weighted by molar-refractivity contribution is 5.89. The van der Waals surface area contributed by atoms with E-state index in [2.05, 4.69) is 0 Å². The van der Waals surface area contributed by atoms with E-state index in [1.165, 1.54) is 0 Å². The molecule has 0 unspecified atom stereocenters. The van der Waals surface area contributed by atoms with Crippen molar-refractivity contribution in [1.82, 2.24) is 9.63 Å². The molecular weight excluding hydrogens is 204 g/mol. The Labute approximate surface area is 93.7 Å². The van der Waals surface area contributed by atoms with Gasteiger partial charge in [-0.15, -0.1) is 0 Å². The lowest BCUT2D eigenvalue weighted by molar-refractivity contribution is -0.127. The normalized spacial score (nSPS) is 10.6. The summed E-state index contributed by atoms with van der Waals surface area (Å²) < 4.78 is 1.06. The Morgan fingerprint density at radius 1 is 1.38 bits per heavy atom. The number of fused-ring (bicyclic) bond motifs is 1. The van der Waals surface area contributed by atoms with E-state index < -0.39 is 0 Å². The summed E-state index contributed by atoms with van der Waals surface area (Å²) in [6.45, 7) is 0. The molecule has 0 aliphatic heterocycles. The van der Waals surface area contributed by atoms with Gasteiger partial charge in [0, 0.05) is 25.7 Å². The lowest BCUT2D eigenvalue weighted by Gasteiger charge is -2.08. The van der Waals surface area contributed by atoms with Crippen molar-refractivity contribution < 1.29 is 10.0 Å². The van der Waals surface area contributed by atoms with Crippen molar-refractivity contribution in [1.29, 1.82) is 0 Å². The third kappa shape index (κ3) is 1.74. The lowest BCUT2D eigenvalue weighted by atomic mass is 10.1. The maximum absolute atomic E-state index is 11.6. The minimum atomic E-state index is 0.0244. The number of rotatable bonds is 2. The second-order valence-electron chi connectivity index (χ2n) is 3.98. The maximum atomic E-state index is 11.6. The molecule has 0 bridgehead atoms. The molecular formula is C12H14N2O2. The number of carbonyl (C=O) groups is 1. The zero-order valence-corrected chi connectivity index (χ0v) is 9.34. The molecule has 1 amide bonds. The van der Waals surface area contributed by atoms with E-state index in [0.29, 0.717) is 6.42 Å². The summed E-state index contributed by atoms with van der Waals surface area (Å²) in [7, 11) is 3.45. The van der Waals surface area contributed by atoms with Crippen LogP contribution in [-0.4, -0.2) is 34.8 Å². The minimum absolute atomic E-state index is 0.0244. The lowest BCUT2D eigenvalue weighted by Crippen LogP contribution is -2.23. The first kappa shape index (κ1) is 10.5. The first-order valence-corrected chi connectivity index (χ1v) is 5.08. The van der Waals surface area contributed by atoms with Crippen molar-refractivity contribution >= 4 is 16.8 Å². The van der Waals surface area contributed by atoms with Crippen LogP contribution in [0, 0.1) is 0 Å². The average Bonchev–Trinajstić information content (AvgIpc) is 2.57. The second-order valence-corrected chi connectivity index (χ2v) is 3.98. The van der Waals surface area contributed by atoms with Gasteiger partial charge in [0.05, 0.1) is 11.9 Å². The molecule has 0 aliphatic carbocycles. The fraction of sp³-hybridized carbons (Fsp3) is 0.250. The van der Waals surface area contributed by atoms with Crippen LogP contribution in [0.4, 0.5) is 0 Å². The first-order chi connectivity index (χ1) is 7.59. The number of hydrogen-bond donors (Lipinski definition) is 1. The molecule has 0 radical (unpaired) electrons. The van der Waals surface area contributed by atoms with Crippen LogP contribution in [0.3, 0.4) is 0 Å². The van der Waals surface area contributed by atoms with Gasteiger partial charge in [0.2, 0.25) is 5.91 Å². The van der Waals surface area contributed by atoms with Gasteiger partial charge in [-0.2, -0.15) is 4.73 Å². The van der Waals surface area contributed by atoms with E-state index in [4.69, 9.17) is 0 Å². The van der Waals surface area contributed by atoms with Crippen molar-refractivity contribution in [2.24, 2.45) is 0 Å². The number of carbonyl (C=O) groups excluding carboxylic acids is 1. The van der Waals surface area contributed by atoms with Crippen molar-refractivity contribution in [3.8, 4) is 0 Å². The van der Waals surface area contributed by atoms with Gasteiger partial charge in [-0.1, -0.05) is 18.2 Å². The zero-order chi connectivity index (χ0) is 11.7. The minimum Gasteiger partial charge on any atom is -0.428 e. The number of amides is 1. The molecule has 1 aromatic heterocycles.